The summed E-state index contributed by atoms with van der Waals surface area (Å²) in [6.45, 7) is 4.67. The van der Waals surface area contributed by atoms with Crippen molar-refractivity contribution < 1.29 is 0 Å². The van der Waals surface area contributed by atoms with Crippen LogP contribution in [0.1, 0.15) is 25.0 Å². The van der Waals surface area contributed by atoms with Gasteiger partial charge in [0.25, 0.3) is 0 Å². The fraction of sp³-hybridized carbons (Fsp3) is 0.0492. The Hall–Kier alpha value is -8.34. The molecule has 65 heavy (non-hydrogen) atoms. The number of hydrogen-bond acceptors (Lipinski definition) is 4. The molecular weight excluding hydrogens is 789 g/mol. The van der Waals surface area contributed by atoms with Gasteiger partial charge in [0, 0.05) is 33.1 Å². The number of hydrogen-bond donors (Lipinski definition) is 0. The van der Waals surface area contributed by atoms with Gasteiger partial charge in [-0.05, 0) is 109 Å². The lowest BCUT2D eigenvalue weighted by Gasteiger charge is -2.22. The minimum Gasteiger partial charge on any atom is -0.248 e. The molecule has 1 aliphatic rings. The zero-order valence-electron chi connectivity index (χ0n) is 36.1. The molecule has 9 aromatic carbocycles. The Labute approximate surface area is 378 Å². The quantitative estimate of drug-likeness (QED) is 0.161. The van der Waals surface area contributed by atoms with Crippen molar-refractivity contribution in [3.63, 3.8) is 0 Å². The minimum atomic E-state index is -0.175. The Kier molecular flexibility index (Phi) is 9.13. The van der Waals surface area contributed by atoms with Crippen LogP contribution in [0.15, 0.2) is 218 Å². The Balaban J connectivity index is 1.11. The number of pyridine rings is 1. The van der Waals surface area contributed by atoms with Crippen LogP contribution in [0.2, 0.25) is 0 Å². The first-order chi connectivity index (χ1) is 31.9. The van der Waals surface area contributed by atoms with Crippen LogP contribution in [0.5, 0.6) is 0 Å². The highest BCUT2D eigenvalue weighted by Crippen LogP contribution is 2.51. The molecule has 4 nitrogen and oxygen atoms in total. The van der Waals surface area contributed by atoms with E-state index in [4.69, 9.17) is 19.9 Å². The van der Waals surface area contributed by atoms with Gasteiger partial charge >= 0.3 is 0 Å². The van der Waals surface area contributed by atoms with Crippen molar-refractivity contribution >= 4 is 21.7 Å². The number of rotatable bonds is 7. The van der Waals surface area contributed by atoms with Crippen molar-refractivity contribution in [3.8, 4) is 89.9 Å². The highest BCUT2D eigenvalue weighted by atomic mass is 15.0. The maximum absolute atomic E-state index is 5.52. The topological polar surface area (TPSA) is 51.6 Å². The average molecular weight is 831 g/mol. The monoisotopic (exact) mass is 830 g/mol. The molecule has 306 valence electrons. The summed E-state index contributed by atoms with van der Waals surface area (Å²) < 4.78 is 0. The summed E-state index contributed by atoms with van der Waals surface area (Å²) >= 11 is 0. The van der Waals surface area contributed by atoms with Gasteiger partial charge in [-0.15, -0.1) is 0 Å². The summed E-state index contributed by atoms with van der Waals surface area (Å²) in [4.78, 5) is 21.2. The van der Waals surface area contributed by atoms with Crippen molar-refractivity contribution in [3.05, 3.63) is 230 Å². The second kappa shape index (κ2) is 15.5. The van der Waals surface area contributed by atoms with Crippen molar-refractivity contribution in [1.82, 2.24) is 19.9 Å². The fourth-order valence-corrected chi connectivity index (χ4v) is 9.76. The van der Waals surface area contributed by atoms with Gasteiger partial charge in [0.2, 0.25) is 0 Å². The fourth-order valence-electron chi connectivity index (χ4n) is 9.76. The number of benzene rings is 9. The van der Waals surface area contributed by atoms with E-state index in [1.54, 1.807) is 0 Å². The third-order valence-electron chi connectivity index (χ3n) is 13.1. The molecule has 0 N–H and O–H groups in total. The maximum atomic E-state index is 5.52. The van der Waals surface area contributed by atoms with Crippen LogP contribution in [-0.4, -0.2) is 19.9 Å². The summed E-state index contributed by atoms with van der Waals surface area (Å²) in [7, 11) is 0. The van der Waals surface area contributed by atoms with Gasteiger partial charge < -0.3 is 0 Å². The Morgan fingerprint density at radius 3 is 1.52 bits per heavy atom. The first-order valence-electron chi connectivity index (χ1n) is 22.2. The van der Waals surface area contributed by atoms with Crippen LogP contribution < -0.4 is 0 Å². The van der Waals surface area contributed by atoms with E-state index >= 15 is 0 Å². The Morgan fingerprint density at radius 1 is 0.292 bits per heavy atom. The predicted molar refractivity (Wildman–Crippen MR) is 268 cm³/mol. The van der Waals surface area contributed by atoms with E-state index < -0.39 is 0 Å². The molecule has 0 bridgehead atoms. The van der Waals surface area contributed by atoms with Gasteiger partial charge in [0.15, 0.2) is 17.5 Å². The summed E-state index contributed by atoms with van der Waals surface area (Å²) in [5.41, 5.74) is 17.4. The molecular formula is C61H42N4. The highest BCUT2D eigenvalue weighted by Gasteiger charge is 2.36. The third kappa shape index (κ3) is 6.79. The molecule has 0 radical (unpaired) electrons. The molecule has 0 unspecified atom stereocenters. The molecule has 1 aliphatic carbocycles. The molecule has 2 heterocycles. The van der Waals surface area contributed by atoms with Gasteiger partial charge in [-0.2, -0.15) is 0 Å². The predicted octanol–water partition coefficient (Wildman–Crippen LogP) is 15.5. The Morgan fingerprint density at radius 2 is 0.815 bits per heavy atom. The van der Waals surface area contributed by atoms with Crippen LogP contribution in [0.25, 0.3) is 112 Å². The molecule has 4 heteroatoms. The zero-order valence-corrected chi connectivity index (χ0v) is 36.1. The van der Waals surface area contributed by atoms with Crippen molar-refractivity contribution in [2.24, 2.45) is 0 Å². The smallest absolute Gasteiger partial charge is 0.164 e. The highest BCUT2D eigenvalue weighted by molar-refractivity contribution is 6.09. The van der Waals surface area contributed by atoms with E-state index in [-0.39, 0.29) is 5.41 Å². The largest absolute Gasteiger partial charge is 0.248 e. The lowest BCUT2D eigenvalue weighted by Crippen LogP contribution is -2.14. The zero-order chi connectivity index (χ0) is 43.5. The van der Waals surface area contributed by atoms with Crippen LogP contribution >= 0.6 is 0 Å². The van der Waals surface area contributed by atoms with Gasteiger partial charge in [-0.1, -0.05) is 190 Å². The molecule has 0 saturated carbocycles. The van der Waals surface area contributed by atoms with Gasteiger partial charge in [-0.3, -0.25) is 0 Å². The normalized spacial score (nSPS) is 12.6. The summed E-state index contributed by atoms with van der Waals surface area (Å²) in [5.74, 6) is 1.85. The first-order valence-corrected chi connectivity index (χ1v) is 22.2. The third-order valence-corrected chi connectivity index (χ3v) is 13.1. The average Bonchev–Trinajstić information content (AvgIpc) is 3.60. The van der Waals surface area contributed by atoms with Crippen molar-refractivity contribution in [2.75, 3.05) is 0 Å². The standard InChI is InChI=1S/C61H42N4/c1-61(2)54-31-15-14-30-49(54)52-36-53-51(37-56(62-57(53)38-55(52)61)45-27-16-25-42(32-45)39-18-6-3-7-19-39)50-35-47(34-44-24-12-13-29-48(44)50)60-64-58(41-22-10-5-11-23-41)63-59(65-60)46-28-17-26-43(33-46)40-20-8-4-9-21-40/h3-38H,1-2H3. The number of aromatic nitrogens is 4. The summed E-state index contributed by atoms with van der Waals surface area (Å²) in [6, 6.07) is 77.4. The lowest BCUT2D eigenvalue weighted by atomic mass is 9.82. The van der Waals surface area contributed by atoms with E-state index in [1.807, 2.05) is 24.3 Å². The van der Waals surface area contributed by atoms with E-state index in [2.05, 4.69) is 208 Å². The molecule has 0 saturated heterocycles. The van der Waals surface area contributed by atoms with E-state index in [0.29, 0.717) is 17.5 Å². The molecule has 11 aromatic rings. The van der Waals surface area contributed by atoms with E-state index in [0.717, 1.165) is 77.4 Å². The van der Waals surface area contributed by atoms with Crippen molar-refractivity contribution in [2.45, 2.75) is 19.3 Å². The second-order valence-electron chi connectivity index (χ2n) is 17.5. The summed E-state index contributed by atoms with van der Waals surface area (Å²) in [6.07, 6.45) is 0. The van der Waals surface area contributed by atoms with Gasteiger partial charge in [0.1, 0.15) is 0 Å². The van der Waals surface area contributed by atoms with Crippen LogP contribution in [-0.2, 0) is 5.41 Å². The molecule has 0 atom stereocenters. The van der Waals surface area contributed by atoms with Gasteiger partial charge in [0.05, 0.1) is 11.2 Å². The molecule has 0 amide bonds. The van der Waals surface area contributed by atoms with Crippen molar-refractivity contribution in [1.29, 1.82) is 0 Å². The first kappa shape index (κ1) is 38.3. The SMILES string of the molecule is CC1(C)c2ccccc2-c2cc3c(-c4cc(-c5nc(-c6ccccc6)nc(-c6cccc(-c7ccccc7)c6)n5)cc5ccccc45)cc(-c4cccc(-c5ccccc5)c4)nc3cc21. The van der Waals surface area contributed by atoms with E-state index in [9.17, 15) is 0 Å². The molecule has 0 aliphatic heterocycles. The van der Waals surface area contributed by atoms with Crippen LogP contribution in [0, 0.1) is 0 Å². The lowest BCUT2D eigenvalue weighted by molar-refractivity contribution is 0.661. The minimum absolute atomic E-state index is 0.175. The number of nitrogens with zero attached hydrogens (tertiary/aromatic N) is 4. The second-order valence-corrected chi connectivity index (χ2v) is 17.5. The summed E-state index contributed by atoms with van der Waals surface area (Å²) in [5, 5.41) is 3.34. The molecule has 2 aromatic heterocycles. The molecule has 0 spiro atoms. The molecule has 0 fully saturated rings. The van der Waals surface area contributed by atoms with Gasteiger partial charge in [-0.25, -0.2) is 19.9 Å². The number of fused-ring (bicyclic) bond motifs is 5. The van der Waals surface area contributed by atoms with Crippen LogP contribution in [0.3, 0.4) is 0 Å². The maximum Gasteiger partial charge on any atom is 0.164 e. The van der Waals surface area contributed by atoms with Crippen LogP contribution in [0.4, 0.5) is 0 Å². The molecule has 12 rings (SSSR count). The van der Waals surface area contributed by atoms with E-state index in [1.165, 1.54) is 27.8 Å². The Bertz CT molecular complexity index is 3620.